The Balaban J connectivity index is 0.000001000. The van der Waals surface area contributed by atoms with Crippen molar-refractivity contribution in [2.45, 2.75) is 19.3 Å². The fraction of sp³-hybridized carbons (Fsp3) is 0.625. The fourth-order valence-corrected chi connectivity index (χ4v) is 1.67. The molecule has 1 aliphatic rings. The molecular weight excluding hydrogens is 326 g/mol. The fourth-order valence-electron chi connectivity index (χ4n) is 1.21. The molecule has 62 valence electrons. The molecule has 11 heavy (non-hydrogen) atoms. The summed E-state index contributed by atoms with van der Waals surface area (Å²) in [6, 6.07) is 0. The average Bonchev–Trinajstić information content (AvgIpc) is 2.36. The van der Waals surface area contributed by atoms with E-state index in [0.29, 0.717) is 0 Å². The van der Waals surface area contributed by atoms with Gasteiger partial charge >= 0.3 is 0 Å². The Hall–Kier alpha value is 0.448. The average molecular weight is 338 g/mol. The first kappa shape index (κ1) is 11.4. The van der Waals surface area contributed by atoms with Crippen LogP contribution in [0.4, 0.5) is 0 Å². The van der Waals surface area contributed by atoms with Crippen molar-refractivity contribution in [3.8, 4) is 0 Å². The van der Waals surface area contributed by atoms with Crippen LogP contribution < -0.4 is 0 Å². The number of hydrogen-bond donors (Lipinski definition) is 0. The first-order chi connectivity index (χ1) is 4.88. The van der Waals surface area contributed by atoms with Crippen molar-refractivity contribution in [1.82, 2.24) is 0 Å². The monoisotopic (exact) mass is 338 g/mol. The van der Waals surface area contributed by atoms with Crippen molar-refractivity contribution < 1.29 is 21.1 Å². The number of allylic oxidation sites excluding steroid dienone is 1. The van der Waals surface area contributed by atoms with E-state index in [4.69, 9.17) is 0 Å². The number of rotatable bonds is 1. The minimum atomic E-state index is 0. The van der Waals surface area contributed by atoms with E-state index in [0.717, 1.165) is 6.42 Å². The van der Waals surface area contributed by atoms with Crippen LogP contribution in [-0.2, 0) is 21.1 Å². The second-order valence-corrected chi connectivity index (χ2v) is 2.92. The number of aliphatic imine (C=N–C) groups is 1. The normalized spacial score (nSPS) is 24.2. The summed E-state index contributed by atoms with van der Waals surface area (Å²) < 4.78 is 0. The Morgan fingerprint density at radius 1 is 1.45 bits per heavy atom. The molecular formula is C8H12NSW-. The van der Waals surface area contributed by atoms with Crippen molar-refractivity contribution in [2.24, 2.45) is 4.99 Å². The second-order valence-electron chi connectivity index (χ2n) is 2.31. The zero-order chi connectivity index (χ0) is 7.40. The topological polar surface area (TPSA) is 12.4 Å². The van der Waals surface area contributed by atoms with Crippen molar-refractivity contribution >= 4 is 17.5 Å². The molecule has 0 spiro atoms. The van der Waals surface area contributed by atoms with Crippen LogP contribution in [0.2, 0.25) is 0 Å². The first-order valence-corrected chi connectivity index (χ1v) is 4.72. The Bertz CT molecular complexity index is 175. The van der Waals surface area contributed by atoms with Gasteiger partial charge in [0.05, 0.1) is 0 Å². The minimum Gasteiger partial charge on any atom is -0.386 e. The predicted molar refractivity (Wildman–Crippen MR) is 47.5 cm³/mol. The van der Waals surface area contributed by atoms with E-state index in [1.54, 1.807) is 11.8 Å². The SMILES string of the molecule is CN=C1CCCC1=[C-]SC.[W]. The molecule has 1 rings (SSSR count). The molecule has 0 saturated heterocycles. The molecule has 0 atom stereocenters. The molecule has 0 radical (unpaired) electrons. The molecule has 1 fully saturated rings. The van der Waals surface area contributed by atoms with Crippen molar-refractivity contribution in [3.63, 3.8) is 0 Å². The zero-order valence-electron chi connectivity index (χ0n) is 6.89. The summed E-state index contributed by atoms with van der Waals surface area (Å²) >= 11 is 1.65. The molecule has 3 heteroatoms. The van der Waals surface area contributed by atoms with Crippen molar-refractivity contribution in [1.29, 1.82) is 0 Å². The van der Waals surface area contributed by atoms with Crippen LogP contribution >= 0.6 is 11.8 Å². The molecule has 0 aromatic carbocycles. The molecule has 0 N–H and O–H groups in total. The Morgan fingerprint density at radius 2 is 2.18 bits per heavy atom. The van der Waals surface area contributed by atoms with E-state index in [2.05, 4.69) is 10.4 Å². The van der Waals surface area contributed by atoms with Crippen LogP contribution in [0.1, 0.15) is 19.3 Å². The van der Waals surface area contributed by atoms with Gasteiger partial charge in [-0.3, -0.25) is 0 Å². The van der Waals surface area contributed by atoms with Crippen LogP contribution in [0.5, 0.6) is 0 Å². The van der Waals surface area contributed by atoms with E-state index in [-0.39, 0.29) is 21.1 Å². The summed E-state index contributed by atoms with van der Waals surface area (Å²) in [5.41, 5.74) is 2.59. The van der Waals surface area contributed by atoms with Gasteiger partial charge in [0.2, 0.25) is 0 Å². The van der Waals surface area contributed by atoms with E-state index in [1.165, 1.54) is 24.1 Å². The van der Waals surface area contributed by atoms with Crippen LogP contribution in [-0.4, -0.2) is 19.0 Å². The molecule has 0 unspecified atom stereocenters. The van der Waals surface area contributed by atoms with Gasteiger partial charge in [-0.15, -0.1) is 5.71 Å². The maximum Gasteiger partial charge on any atom is 0.00716 e. The van der Waals surface area contributed by atoms with Gasteiger partial charge in [0.15, 0.2) is 0 Å². The molecule has 0 heterocycles. The Kier molecular flexibility index (Phi) is 6.26. The smallest absolute Gasteiger partial charge is 0.00716 e. The number of hydrogen-bond acceptors (Lipinski definition) is 2. The third kappa shape index (κ3) is 3.12. The maximum absolute atomic E-state index is 4.19. The zero-order valence-corrected chi connectivity index (χ0v) is 10.6. The maximum atomic E-state index is 4.19. The quantitative estimate of drug-likeness (QED) is 0.669. The molecule has 1 saturated carbocycles. The van der Waals surface area contributed by atoms with Crippen molar-refractivity contribution in [3.05, 3.63) is 11.0 Å². The molecule has 1 nitrogen and oxygen atoms in total. The first-order valence-electron chi connectivity index (χ1n) is 3.49. The van der Waals surface area contributed by atoms with Gasteiger partial charge < -0.3 is 4.99 Å². The van der Waals surface area contributed by atoms with Crippen LogP contribution in [0.15, 0.2) is 10.6 Å². The summed E-state index contributed by atoms with van der Waals surface area (Å²) in [7, 11) is 1.86. The Labute approximate surface area is 87.0 Å². The summed E-state index contributed by atoms with van der Waals surface area (Å²) in [5.74, 6) is 0. The van der Waals surface area contributed by atoms with Gasteiger partial charge in [0.25, 0.3) is 0 Å². The third-order valence-electron chi connectivity index (χ3n) is 1.68. The number of thioether (sulfide) groups is 1. The Morgan fingerprint density at radius 3 is 2.73 bits per heavy atom. The standard InChI is InChI=1S/C8H12NS.W/c1-9-8-5-3-4-7(8)6-10-2;/h3-5H2,1-2H3;/q-1;. The summed E-state index contributed by atoms with van der Waals surface area (Å²) in [6.45, 7) is 0. The van der Waals surface area contributed by atoms with Gasteiger partial charge in [-0.25, -0.2) is 17.2 Å². The van der Waals surface area contributed by atoms with Crippen LogP contribution in [0.3, 0.4) is 0 Å². The summed E-state index contributed by atoms with van der Waals surface area (Å²) in [6.07, 6.45) is 5.63. The molecule has 0 aromatic heterocycles. The largest absolute Gasteiger partial charge is 0.386 e. The van der Waals surface area contributed by atoms with E-state index >= 15 is 0 Å². The molecule has 0 aliphatic heterocycles. The van der Waals surface area contributed by atoms with E-state index < -0.39 is 0 Å². The van der Waals surface area contributed by atoms with E-state index in [1.807, 2.05) is 13.3 Å². The van der Waals surface area contributed by atoms with Crippen LogP contribution in [0, 0.1) is 5.41 Å². The summed E-state index contributed by atoms with van der Waals surface area (Å²) in [4.78, 5) is 4.19. The third-order valence-corrected chi connectivity index (χ3v) is 2.13. The van der Waals surface area contributed by atoms with Gasteiger partial charge in [0, 0.05) is 28.1 Å². The van der Waals surface area contributed by atoms with Crippen molar-refractivity contribution in [2.75, 3.05) is 13.3 Å². The second kappa shape index (κ2) is 6.02. The van der Waals surface area contributed by atoms with Gasteiger partial charge in [-0.1, -0.05) is 19.3 Å². The minimum absolute atomic E-state index is 0. The van der Waals surface area contributed by atoms with E-state index in [9.17, 15) is 0 Å². The molecule has 0 bridgehead atoms. The molecule has 0 amide bonds. The van der Waals surface area contributed by atoms with Gasteiger partial charge in [-0.2, -0.15) is 5.57 Å². The summed E-state index contributed by atoms with van der Waals surface area (Å²) in [5, 5.41) is 3.25. The number of nitrogens with zero attached hydrogens (tertiary/aromatic N) is 1. The van der Waals surface area contributed by atoms with Gasteiger partial charge in [-0.05, 0) is 6.26 Å². The predicted octanol–water partition coefficient (Wildman–Crippen LogP) is 2.29. The van der Waals surface area contributed by atoms with Gasteiger partial charge in [0.1, 0.15) is 0 Å². The molecule has 0 aromatic rings. The van der Waals surface area contributed by atoms with Crippen LogP contribution in [0.25, 0.3) is 0 Å². The molecule has 1 aliphatic carbocycles.